The number of nitrogens with zero attached hydrogens (tertiary/aromatic N) is 1. The lowest BCUT2D eigenvalue weighted by atomic mass is 9.93. The molecule has 29 heavy (non-hydrogen) atoms. The number of hydrogen-bond acceptors (Lipinski definition) is 5. The van der Waals surface area contributed by atoms with Crippen LogP contribution in [0.3, 0.4) is 0 Å². The average molecular weight is 397 g/mol. The molecular formula is C21H23N3O5. The summed E-state index contributed by atoms with van der Waals surface area (Å²) in [6.07, 6.45) is 0. The lowest BCUT2D eigenvalue weighted by molar-refractivity contribution is -0.127. The molecule has 2 aromatic rings. The Labute approximate surface area is 168 Å². The van der Waals surface area contributed by atoms with Crippen molar-refractivity contribution in [3.8, 4) is 17.2 Å². The maximum atomic E-state index is 12.9. The molecule has 0 spiro atoms. The number of rotatable bonds is 3. The molecule has 0 unspecified atom stereocenters. The predicted molar refractivity (Wildman–Crippen MR) is 109 cm³/mol. The Morgan fingerprint density at radius 2 is 1.66 bits per heavy atom. The molecule has 8 nitrogen and oxygen atoms in total. The number of carbonyl (C=O) groups excluding carboxylic acids is 2. The van der Waals surface area contributed by atoms with Gasteiger partial charge >= 0.3 is 6.03 Å². The van der Waals surface area contributed by atoms with Gasteiger partial charge in [0.25, 0.3) is 0 Å². The number of urea groups is 1. The second kappa shape index (κ2) is 7.20. The van der Waals surface area contributed by atoms with Gasteiger partial charge in [-0.05, 0) is 51.1 Å². The Bertz CT molecular complexity index is 973. The number of amides is 3. The minimum absolute atomic E-state index is 0.0132. The highest BCUT2D eigenvalue weighted by Gasteiger charge is 2.37. The van der Waals surface area contributed by atoms with E-state index in [1.807, 2.05) is 20.8 Å². The molecule has 0 saturated heterocycles. The molecule has 0 radical (unpaired) electrons. The van der Waals surface area contributed by atoms with Gasteiger partial charge in [0.05, 0.1) is 11.1 Å². The number of nitrogens with one attached hydrogen (secondary N) is 2. The zero-order valence-corrected chi connectivity index (χ0v) is 16.6. The van der Waals surface area contributed by atoms with Crippen LogP contribution in [-0.2, 0) is 4.79 Å². The highest BCUT2D eigenvalue weighted by Crippen LogP contribution is 2.38. The van der Waals surface area contributed by atoms with E-state index in [1.165, 1.54) is 0 Å². The molecule has 0 aromatic heterocycles. The SMILES string of the molecule is CCN1C(=O)C(C)(C)COc2ccc(NC(=O)Nc3ccc4c(c3)OCO4)cc21. The Balaban J connectivity index is 1.52. The number of anilines is 3. The second-order valence-corrected chi connectivity index (χ2v) is 7.55. The average Bonchev–Trinajstić information content (AvgIpc) is 3.12. The van der Waals surface area contributed by atoms with Crippen LogP contribution in [-0.4, -0.2) is 31.9 Å². The first-order valence-electron chi connectivity index (χ1n) is 9.44. The van der Waals surface area contributed by atoms with Gasteiger partial charge in [-0.2, -0.15) is 0 Å². The van der Waals surface area contributed by atoms with E-state index in [0.29, 0.717) is 47.5 Å². The summed E-state index contributed by atoms with van der Waals surface area (Å²) in [6.45, 7) is 6.61. The molecule has 0 atom stereocenters. The number of carbonyl (C=O) groups is 2. The van der Waals surface area contributed by atoms with Crippen LogP contribution in [0.4, 0.5) is 21.9 Å². The van der Waals surface area contributed by atoms with Gasteiger partial charge in [0.1, 0.15) is 12.4 Å². The van der Waals surface area contributed by atoms with Gasteiger partial charge in [0.2, 0.25) is 12.7 Å². The Hall–Kier alpha value is -3.42. The molecule has 0 fully saturated rings. The van der Waals surface area contributed by atoms with E-state index < -0.39 is 11.4 Å². The smallest absolute Gasteiger partial charge is 0.323 e. The quantitative estimate of drug-likeness (QED) is 0.822. The van der Waals surface area contributed by atoms with Crippen LogP contribution in [0, 0.1) is 5.41 Å². The summed E-state index contributed by atoms with van der Waals surface area (Å²) >= 11 is 0. The van der Waals surface area contributed by atoms with Crippen molar-refractivity contribution < 1.29 is 23.8 Å². The van der Waals surface area contributed by atoms with Crippen molar-refractivity contribution in [3.05, 3.63) is 36.4 Å². The van der Waals surface area contributed by atoms with Gasteiger partial charge in [0.15, 0.2) is 11.5 Å². The molecule has 4 rings (SSSR count). The van der Waals surface area contributed by atoms with Crippen molar-refractivity contribution in [1.29, 1.82) is 0 Å². The van der Waals surface area contributed by atoms with Gasteiger partial charge in [-0.25, -0.2) is 4.79 Å². The number of hydrogen-bond donors (Lipinski definition) is 2. The molecule has 2 N–H and O–H groups in total. The van der Waals surface area contributed by atoms with E-state index >= 15 is 0 Å². The molecule has 2 aliphatic rings. The van der Waals surface area contributed by atoms with E-state index in [1.54, 1.807) is 41.3 Å². The summed E-state index contributed by atoms with van der Waals surface area (Å²) in [7, 11) is 0. The summed E-state index contributed by atoms with van der Waals surface area (Å²) in [6, 6.07) is 10.0. The summed E-state index contributed by atoms with van der Waals surface area (Å²) in [5.41, 5.74) is 1.15. The fourth-order valence-corrected chi connectivity index (χ4v) is 3.30. The lowest BCUT2D eigenvalue weighted by Crippen LogP contribution is -2.42. The predicted octanol–water partition coefficient (Wildman–Crippen LogP) is 3.83. The van der Waals surface area contributed by atoms with Gasteiger partial charge in [-0.15, -0.1) is 0 Å². The topological polar surface area (TPSA) is 89.1 Å². The number of ether oxygens (including phenoxy) is 3. The van der Waals surface area contributed by atoms with Gasteiger partial charge < -0.3 is 29.7 Å². The molecular weight excluding hydrogens is 374 g/mol. The molecule has 2 heterocycles. The van der Waals surface area contributed by atoms with Crippen molar-refractivity contribution in [2.45, 2.75) is 20.8 Å². The first-order valence-corrected chi connectivity index (χ1v) is 9.44. The van der Waals surface area contributed by atoms with E-state index in [2.05, 4.69) is 10.6 Å². The summed E-state index contributed by atoms with van der Waals surface area (Å²) in [5, 5.41) is 5.56. The second-order valence-electron chi connectivity index (χ2n) is 7.55. The van der Waals surface area contributed by atoms with Crippen LogP contribution in [0.2, 0.25) is 0 Å². The molecule has 152 valence electrons. The van der Waals surface area contributed by atoms with Gasteiger partial charge in [-0.3, -0.25) is 4.79 Å². The molecule has 0 saturated carbocycles. The zero-order valence-electron chi connectivity index (χ0n) is 16.6. The molecule has 8 heteroatoms. The maximum absolute atomic E-state index is 12.9. The van der Waals surface area contributed by atoms with Gasteiger partial charge in [-0.1, -0.05) is 0 Å². The Kier molecular flexibility index (Phi) is 4.70. The summed E-state index contributed by atoms with van der Waals surface area (Å²) in [4.78, 5) is 27.0. The van der Waals surface area contributed by atoms with Gasteiger partial charge in [0, 0.05) is 24.0 Å². The normalized spacial score (nSPS) is 16.5. The Morgan fingerprint density at radius 3 is 2.38 bits per heavy atom. The van der Waals surface area contributed by atoms with Crippen molar-refractivity contribution in [2.75, 3.05) is 35.5 Å². The van der Waals surface area contributed by atoms with E-state index in [4.69, 9.17) is 14.2 Å². The highest BCUT2D eigenvalue weighted by molar-refractivity contribution is 6.02. The van der Waals surface area contributed by atoms with Crippen LogP contribution in [0.5, 0.6) is 17.2 Å². The summed E-state index contributed by atoms with van der Waals surface area (Å²) in [5.74, 6) is 1.84. The van der Waals surface area contributed by atoms with Crippen LogP contribution in [0.25, 0.3) is 0 Å². The zero-order chi connectivity index (χ0) is 20.6. The fourth-order valence-electron chi connectivity index (χ4n) is 3.30. The molecule has 3 amide bonds. The standard InChI is InChI=1S/C21H23N3O5/c1-4-24-15-9-13(5-7-16(15)27-11-21(2,3)19(24)25)22-20(26)23-14-6-8-17-18(10-14)29-12-28-17/h5-10H,4,11-12H2,1-3H3,(H2,22,23,26). The lowest BCUT2D eigenvalue weighted by Gasteiger charge is -2.27. The van der Waals surface area contributed by atoms with E-state index in [0.717, 1.165) is 0 Å². The molecule has 0 bridgehead atoms. The third-order valence-electron chi connectivity index (χ3n) is 4.87. The van der Waals surface area contributed by atoms with Crippen molar-refractivity contribution >= 4 is 29.0 Å². The van der Waals surface area contributed by atoms with E-state index in [9.17, 15) is 9.59 Å². The van der Waals surface area contributed by atoms with Crippen LogP contribution < -0.4 is 29.7 Å². The molecule has 2 aromatic carbocycles. The molecule has 2 aliphatic heterocycles. The van der Waals surface area contributed by atoms with Crippen molar-refractivity contribution in [3.63, 3.8) is 0 Å². The maximum Gasteiger partial charge on any atom is 0.323 e. The third-order valence-corrected chi connectivity index (χ3v) is 4.87. The number of fused-ring (bicyclic) bond motifs is 2. The third kappa shape index (κ3) is 3.65. The minimum atomic E-state index is -0.626. The van der Waals surface area contributed by atoms with Crippen molar-refractivity contribution in [1.82, 2.24) is 0 Å². The van der Waals surface area contributed by atoms with Crippen LogP contribution in [0.1, 0.15) is 20.8 Å². The fraction of sp³-hybridized carbons (Fsp3) is 0.333. The highest BCUT2D eigenvalue weighted by atomic mass is 16.7. The minimum Gasteiger partial charge on any atom is -0.490 e. The van der Waals surface area contributed by atoms with Crippen molar-refractivity contribution in [2.24, 2.45) is 5.41 Å². The Morgan fingerprint density at radius 1 is 1.00 bits per heavy atom. The largest absolute Gasteiger partial charge is 0.490 e. The first-order chi connectivity index (χ1) is 13.9. The van der Waals surface area contributed by atoms with Crippen LogP contribution >= 0.6 is 0 Å². The van der Waals surface area contributed by atoms with E-state index in [-0.39, 0.29) is 12.7 Å². The first kappa shape index (κ1) is 18.9. The molecule has 0 aliphatic carbocycles. The monoisotopic (exact) mass is 397 g/mol. The van der Waals surface area contributed by atoms with Crippen LogP contribution in [0.15, 0.2) is 36.4 Å². The number of benzene rings is 2. The summed E-state index contributed by atoms with van der Waals surface area (Å²) < 4.78 is 16.4.